The average molecular weight is 370 g/mol. The van der Waals surface area contributed by atoms with Gasteiger partial charge in [-0.2, -0.15) is 0 Å². The highest BCUT2D eigenvalue weighted by Gasteiger charge is 2.27. The number of aromatic amines is 1. The second-order valence-corrected chi connectivity index (χ2v) is 7.28. The van der Waals surface area contributed by atoms with Crippen molar-refractivity contribution in [3.63, 3.8) is 0 Å². The van der Waals surface area contributed by atoms with Crippen LogP contribution in [0.15, 0.2) is 35.7 Å². The minimum atomic E-state index is -0.637. The number of anilines is 1. The van der Waals surface area contributed by atoms with Gasteiger partial charge in [-0.05, 0) is 42.0 Å². The molecule has 3 aromatic rings. The number of nitrogens with one attached hydrogen (secondary N) is 3. The van der Waals surface area contributed by atoms with Gasteiger partial charge in [0.25, 0.3) is 5.91 Å². The van der Waals surface area contributed by atoms with Gasteiger partial charge in [-0.15, -0.1) is 11.3 Å². The molecule has 0 aliphatic heterocycles. The first-order valence-corrected chi connectivity index (χ1v) is 9.48. The van der Waals surface area contributed by atoms with Crippen LogP contribution in [0.2, 0.25) is 0 Å². The van der Waals surface area contributed by atoms with E-state index in [1.165, 1.54) is 11.3 Å². The van der Waals surface area contributed by atoms with Crippen LogP contribution in [0.3, 0.4) is 0 Å². The van der Waals surface area contributed by atoms with E-state index in [9.17, 15) is 9.59 Å². The maximum atomic E-state index is 12.8. The molecule has 1 aromatic carbocycles. The molecule has 2 atom stereocenters. The van der Waals surface area contributed by atoms with E-state index < -0.39 is 6.04 Å². The number of fused-ring (bicyclic) bond motifs is 1. The van der Waals surface area contributed by atoms with Crippen LogP contribution in [0.25, 0.3) is 11.0 Å². The molecule has 0 spiro atoms. The highest BCUT2D eigenvalue weighted by Crippen LogP contribution is 2.18. The third-order valence-electron chi connectivity index (χ3n) is 4.48. The Morgan fingerprint density at radius 1 is 1.27 bits per heavy atom. The molecule has 7 heteroatoms. The van der Waals surface area contributed by atoms with Crippen molar-refractivity contribution >= 4 is 40.1 Å². The Balaban J connectivity index is 1.77. The first-order chi connectivity index (χ1) is 12.5. The summed E-state index contributed by atoms with van der Waals surface area (Å²) < 4.78 is 0. The number of rotatable bonds is 6. The maximum Gasteiger partial charge on any atom is 0.262 e. The fourth-order valence-corrected chi connectivity index (χ4v) is 3.55. The fraction of sp³-hybridized carbons (Fsp3) is 0.316. The number of hydrogen-bond acceptors (Lipinski definition) is 4. The number of thiophene rings is 1. The Hall–Kier alpha value is -2.67. The number of H-pyrrole nitrogens is 1. The number of carbonyl (C=O) groups is 2. The summed E-state index contributed by atoms with van der Waals surface area (Å²) in [5.74, 6) is -0.127. The lowest BCUT2D eigenvalue weighted by molar-refractivity contribution is -0.119. The molecular weight excluding hydrogens is 348 g/mol. The van der Waals surface area contributed by atoms with Crippen LogP contribution in [-0.2, 0) is 4.79 Å². The minimum absolute atomic E-state index is 0.0106. The zero-order valence-electron chi connectivity index (χ0n) is 15.0. The van der Waals surface area contributed by atoms with Crippen LogP contribution in [0.1, 0.15) is 35.5 Å². The van der Waals surface area contributed by atoms with Gasteiger partial charge in [0.2, 0.25) is 11.9 Å². The lowest BCUT2D eigenvalue weighted by Crippen LogP contribution is -2.47. The Bertz CT molecular complexity index is 897. The molecule has 0 radical (unpaired) electrons. The smallest absolute Gasteiger partial charge is 0.262 e. The molecule has 2 heterocycles. The normalized spacial score (nSPS) is 13.3. The largest absolute Gasteiger partial charge is 0.339 e. The number of aromatic nitrogens is 2. The Morgan fingerprint density at radius 3 is 2.69 bits per heavy atom. The average Bonchev–Trinajstić information content (AvgIpc) is 3.23. The number of imidazole rings is 1. The van der Waals surface area contributed by atoms with Gasteiger partial charge >= 0.3 is 0 Å². The van der Waals surface area contributed by atoms with Crippen molar-refractivity contribution < 1.29 is 9.59 Å². The second kappa shape index (κ2) is 7.70. The summed E-state index contributed by atoms with van der Waals surface area (Å²) in [4.78, 5) is 33.4. The topological polar surface area (TPSA) is 86.9 Å². The molecule has 0 unspecified atom stereocenters. The standard InChI is InChI=1S/C19H22N4O2S/c1-4-11(2)15(22-18(25)16-12(3)9-10-26-16)17(24)23-19-20-13-7-5-6-8-14(13)21-19/h5-11,15H,4H2,1-3H3,(H,22,25)(H2,20,21,23,24)/t11-,15+/m0/s1. The maximum absolute atomic E-state index is 12.8. The molecule has 26 heavy (non-hydrogen) atoms. The molecule has 0 saturated heterocycles. The molecule has 3 N–H and O–H groups in total. The van der Waals surface area contributed by atoms with Crippen LogP contribution in [0, 0.1) is 12.8 Å². The van der Waals surface area contributed by atoms with E-state index in [0.717, 1.165) is 23.0 Å². The summed E-state index contributed by atoms with van der Waals surface area (Å²) >= 11 is 1.38. The van der Waals surface area contributed by atoms with Gasteiger partial charge in [0.1, 0.15) is 6.04 Å². The molecule has 3 rings (SSSR count). The monoisotopic (exact) mass is 370 g/mol. The summed E-state index contributed by atoms with van der Waals surface area (Å²) in [5.41, 5.74) is 2.54. The third-order valence-corrected chi connectivity index (χ3v) is 5.50. The molecule has 0 aliphatic carbocycles. The molecule has 0 aliphatic rings. The number of amides is 2. The highest BCUT2D eigenvalue weighted by atomic mass is 32.1. The van der Waals surface area contributed by atoms with Crippen molar-refractivity contribution in [1.29, 1.82) is 0 Å². The molecular formula is C19H22N4O2S. The van der Waals surface area contributed by atoms with Crippen molar-refractivity contribution in [2.75, 3.05) is 5.32 Å². The predicted molar refractivity (Wildman–Crippen MR) is 104 cm³/mol. The molecule has 136 valence electrons. The highest BCUT2D eigenvalue weighted by molar-refractivity contribution is 7.12. The van der Waals surface area contributed by atoms with Gasteiger partial charge in [-0.25, -0.2) is 4.98 Å². The molecule has 2 amide bonds. The quantitative estimate of drug-likeness (QED) is 0.618. The van der Waals surface area contributed by atoms with Crippen molar-refractivity contribution in [2.24, 2.45) is 5.92 Å². The molecule has 6 nitrogen and oxygen atoms in total. The number of hydrogen-bond donors (Lipinski definition) is 3. The van der Waals surface area contributed by atoms with Crippen LogP contribution < -0.4 is 10.6 Å². The Morgan fingerprint density at radius 2 is 2.04 bits per heavy atom. The van der Waals surface area contributed by atoms with Crippen LogP contribution in [-0.4, -0.2) is 27.8 Å². The summed E-state index contributed by atoms with van der Waals surface area (Å²) in [6.45, 7) is 5.83. The summed E-state index contributed by atoms with van der Waals surface area (Å²) in [5, 5.41) is 7.55. The van der Waals surface area contributed by atoms with E-state index in [-0.39, 0.29) is 17.7 Å². The van der Waals surface area contributed by atoms with Crippen LogP contribution in [0.4, 0.5) is 5.95 Å². The summed E-state index contributed by atoms with van der Waals surface area (Å²) in [6, 6.07) is 8.81. The number of aryl methyl sites for hydroxylation is 1. The SMILES string of the molecule is CC[C@H](C)[C@@H](NC(=O)c1sccc1C)C(=O)Nc1nc2ccccc2[nH]1. The van der Waals surface area contributed by atoms with Crippen LogP contribution in [0.5, 0.6) is 0 Å². The second-order valence-electron chi connectivity index (χ2n) is 6.36. The first kappa shape index (κ1) is 18.1. The van der Waals surface area contributed by atoms with Crippen molar-refractivity contribution in [2.45, 2.75) is 33.2 Å². The van der Waals surface area contributed by atoms with E-state index in [1.807, 2.05) is 56.5 Å². The van der Waals surface area contributed by atoms with Gasteiger partial charge in [-0.3, -0.25) is 14.9 Å². The minimum Gasteiger partial charge on any atom is -0.339 e. The fourth-order valence-electron chi connectivity index (χ4n) is 2.72. The van der Waals surface area contributed by atoms with Crippen molar-refractivity contribution in [3.05, 3.63) is 46.2 Å². The number of para-hydroxylation sites is 2. The Labute approximate surface area is 156 Å². The first-order valence-electron chi connectivity index (χ1n) is 8.60. The number of benzene rings is 1. The third kappa shape index (κ3) is 3.77. The van der Waals surface area contributed by atoms with Gasteiger partial charge < -0.3 is 10.3 Å². The summed E-state index contributed by atoms with van der Waals surface area (Å²) in [6.07, 6.45) is 0.766. The molecule has 0 bridgehead atoms. The zero-order chi connectivity index (χ0) is 18.7. The zero-order valence-corrected chi connectivity index (χ0v) is 15.8. The molecule has 0 saturated carbocycles. The number of carbonyl (C=O) groups excluding carboxylic acids is 2. The Kier molecular flexibility index (Phi) is 5.37. The lowest BCUT2D eigenvalue weighted by atomic mass is 9.98. The van der Waals surface area contributed by atoms with E-state index in [1.54, 1.807) is 0 Å². The van der Waals surface area contributed by atoms with E-state index in [4.69, 9.17) is 0 Å². The van der Waals surface area contributed by atoms with E-state index in [0.29, 0.717) is 10.8 Å². The van der Waals surface area contributed by atoms with Gasteiger partial charge in [-0.1, -0.05) is 32.4 Å². The van der Waals surface area contributed by atoms with Gasteiger partial charge in [0.05, 0.1) is 15.9 Å². The molecule has 2 aromatic heterocycles. The molecule has 0 fully saturated rings. The van der Waals surface area contributed by atoms with Gasteiger partial charge in [0, 0.05) is 0 Å². The lowest BCUT2D eigenvalue weighted by Gasteiger charge is -2.23. The van der Waals surface area contributed by atoms with E-state index in [2.05, 4.69) is 20.6 Å². The van der Waals surface area contributed by atoms with Crippen molar-refractivity contribution in [1.82, 2.24) is 15.3 Å². The van der Waals surface area contributed by atoms with Gasteiger partial charge in [0.15, 0.2) is 0 Å². The number of nitrogens with zero attached hydrogens (tertiary/aromatic N) is 1. The summed E-state index contributed by atoms with van der Waals surface area (Å²) in [7, 11) is 0. The van der Waals surface area contributed by atoms with E-state index >= 15 is 0 Å². The predicted octanol–water partition coefficient (Wildman–Crippen LogP) is 3.72. The van der Waals surface area contributed by atoms with Crippen molar-refractivity contribution in [3.8, 4) is 0 Å². The van der Waals surface area contributed by atoms with Crippen LogP contribution >= 0.6 is 11.3 Å².